The molecule has 1 amide bonds. The fourth-order valence-corrected chi connectivity index (χ4v) is 6.67. The largest absolute Gasteiger partial charge is 0.345 e. The highest BCUT2D eigenvalue weighted by molar-refractivity contribution is 8.00. The van der Waals surface area contributed by atoms with Gasteiger partial charge in [-0.2, -0.15) is 4.31 Å². The molecule has 0 saturated carbocycles. The zero-order valence-corrected chi connectivity index (χ0v) is 19.4. The Labute approximate surface area is 182 Å². The Balaban J connectivity index is 1.69. The molecular formula is C17H21N5O3S4. The standard InChI is InChI=1S/C17H21N5O3S4/c1-4-22(5-2)29(24,25)13-9-14(21(3)10-13)15(23)18-16-19-20-17(28-16)27-11-12-7-6-8-26-12/h6-10H,4-5,11H2,1-3H3,(H,18,19,23). The van der Waals surface area contributed by atoms with Gasteiger partial charge in [0.1, 0.15) is 10.6 Å². The summed E-state index contributed by atoms with van der Waals surface area (Å²) >= 11 is 4.52. The quantitative estimate of drug-likeness (QED) is 0.379. The molecule has 0 aliphatic carbocycles. The molecule has 0 fully saturated rings. The molecule has 0 aliphatic rings. The molecule has 3 aromatic rings. The summed E-state index contributed by atoms with van der Waals surface area (Å²) in [6.45, 7) is 4.29. The number of rotatable bonds is 9. The summed E-state index contributed by atoms with van der Waals surface area (Å²) in [6.07, 6.45) is 1.45. The normalized spacial score (nSPS) is 11.9. The van der Waals surface area contributed by atoms with Gasteiger partial charge >= 0.3 is 0 Å². The number of thioether (sulfide) groups is 1. The number of hydrogen-bond acceptors (Lipinski definition) is 8. The number of anilines is 1. The van der Waals surface area contributed by atoms with Crippen molar-refractivity contribution < 1.29 is 13.2 Å². The average molecular weight is 472 g/mol. The number of aryl methyl sites for hydroxylation is 1. The second kappa shape index (κ2) is 9.39. The van der Waals surface area contributed by atoms with Crippen LogP contribution in [-0.4, -0.2) is 46.5 Å². The number of amides is 1. The predicted molar refractivity (Wildman–Crippen MR) is 117 cm³/mol. The topological polar surface area (TPSA) is 97.2 Å². The van der Waals surface area contributed by atoms with E-state index in [1.54, 1.807) is 44.0 Å². The molecule has 8 nitrogen and oxygen atoms in total. The Kier molecular flexibility index (Phi) is 7.11. The summed E-state index contributed by atoms with van der Waals surface area (Å²) < 4.78 is 29.0. The van der Waals surface area contributed by atoms with Crippen molar-refractivity contribution in [3.05, 3.63) is 40.3 Å². The molecule has 0 aromatic carbocycles. The van der Waals surface area contributed by atoms with Gasteiger partial charge in [-0.3, -0.25) is 10.1 Å². The van der Waals surface area contributed by atoms with E-state index in [0.717, 1.165) is 10.1 Å². The van der Waals surface area contributed by atoms with Crippen molar-refractivity contribution in [2.24, 2.45) is 7.05 Å². The van der Waals surface area contributed by atoms with E-state index in [1.165, 1.54) is 37.3 Å². The molecule has 0 spiro atoms. The van der Waals surface area contributed by atoms with Crippen LogP contribution in [-0.2, 0) is 22.8 Å². The third-order valence-electron chi connectivity index (χ3n) is 4.10. The van der Waals surface area contributed by atoms with Crippen molar-refractivity contribution in [1.29, 1.82) is 0 Å². The maximum atomic E-state index is 12.7. The van der Waals surface area contributed by atoms with Crippen LogP contribution in [0.5, 0.6) is 0 Å². The van der Waals surface area contributed by atoms with Crippen molar-refractivity contribution in [3.8, 4) is 0 Å². The van der Waals surface area contributed by atoms with Gasteiger partial charge in [0.05, 0.1) is 0 Å². The molecule has 12 heteroatoms. The summed E-state index contributed by atoms with van der Waals surface area (Å²) in [4.78, 5) is 14.0. The Morgan fingerprint density at radius 1 is 1.31 bits per heavy atom. The molecule has 1 N–H and O–H groups in total. The van der Waals surface area contributed by atoms with Gasteiger partial charge in [-0.15, -0.1) is 21.5 Å². The maximum Gasteiger partial charge on any atom is 0.274 e. The molecule has 3 aromatic heterocycles. The lowest BCUT2D eigenvalue weighted by Crippen LogP contribution is -2.30. The lowest BCUT2D eigenvalue weighted by molar-refractivity contribution is 0.101. The molecule has 0 radical (unpaired) electrons. The van der Waals surface area contributed by atoms with Crippen molar-refractivity contribution in [3.63, 3.8) is 0 Å². The van der Waals surface area contributed by atoms with Crippen LogP contribution in [0, 0.1) is 0 Å². The number of carbonyl (C=O) groups excluding carboxylic acids is 1. The fourth-order valence-electron chi connectivity index (χ4n) is 2.62. The minimum atomic E-state index is -3.63. The number of hydrogen-bond donors (Lipinski definition) is 1. The van der Waals surface area contributed by atoms with E-state index in [0.29, 0.717) is 18.2 Å². The third kappa shape index (κ3) is 5.07. The van der Waals surface area contributed by atoms with E-state index < -0.39 is 15.9 Å². The predicted octanol–water partition coefficient (Wildman–Crippen LogP) is 3.51. The number of carbonyl (C=O) groups is 1. The van der Waals surface area contributed by atoms with Crippen LogP contribution in [0.1, 0.15) is 29.2 Å². The highest BCUT2D eigenvalue weighted by Crippen LogP contribution is 2.30. The monoisotopic (exact) mass is 471 g/mol. The number of nitrogens with one attached hydrogen (secondary N) is 1. The first-order chi connectivity index (χ1) is 13.8. The summed E-state index contributed by atoms with van der Waals surface area (Å²) in [6, 6.07) is 5.44. The van der Waals surface area contributed by atoms with Crippen LogP contribution >= 0.6 is 34.4 Å². The van der Waals surface area contributed by atoms with Crippen LogP contribution in [0.15, 0.2) is 39.0 Å². The summed E-state index contributed by atoms with van der Waals surface area (Å²) in [7, 11) is -1.99. The van der Waals surface area contributed by atoms with Gasteiger partial charge in [-0.25, -0.2) is 8.42 Å². The summed E-state index contributed by atoms with van der Waals surface area (Å²) in [5, 5.41) is 13.2. The molecule has 0 atom stereocenters. The van der Waals surface area contributed by atoms with Gasteiger partial charge in [-0.1, -0.05) is 43.0 Å². The lowest BCUT2D eigenvalue weighted by Gasteiger charge is -2.17. The smallest absolute Gasteiger partial charge is 0.274 e. The van der Waals surface area contributed by atoms with Crippen molar-refractivity contribution in [1.82, 2.24) is 19.1 Å². The molecule has 0 bridgehead atoms. The van der Waals surface area contributed by atoms with Gasteiger partial charge in [0.2, 0.25) is 15.2 Å². The highest BCUT2D eigenvalue weighted by atomic mass is 32.2. The van der Waals surface area contributed by atoms with E-state index in [9.17, 15) is 13.2 Å². The van der Waals surface area contributed by atoms with Crippen LogP contribution in [0.3, 0.4) is 0 Å². The first kappa shape index (κ1) is 22.0. The third-order valence-corrected chi connectivity index (χ3v) is 9.20. The minimum Gasteiger partial charge on any atom is -0.345 e. The van der Waals surface area contributed by atoms with Gasteiger partial charge in [0.15, 0.2) is 4.34 Å². The Morgan fingerprint density at radius 3 is 2.72 bits per heavy atom. The molecule has 0 unspecified atom stereocenters. The van der Waals surface area contributed by atoms with Crippen LogP contribution in [0.4, 0.5) is 5.13 Å². The van der Waals surface area contributed by atoms with Crippen LogP contribution in [0.2, 0.25) is 0 Å². The van der Waals surface area contributed by atoms with E-state index in [2.05, 4.69) is 21.6 Å². The molecule has 3 heterocycles. The lowest BCUT2D eigenvalue weighted by atomic mass is 10.4. The number of sulfonamides is 1. The van der Waals surface area contributed by atoms with Crippen LogP contribution in [0.25, 0.3) is 0 Å². The van der Waals surface area contributed by atoms with Gasteiger partial charge < -0.3 is 4.57 Å². The Hall–Kier alpha value is -1.73. The SMILES string of the molecule is CCN(CC)S(=O)(=O)c1cc(C(=O)Nc2nnc(SCc3cccs3)s2)n(C)c1. The van der Waals surface area contributed by atoms with Gasteiger partial charge in [-0.05, 0) is 17.5 Å². The second-order valence-corrected chi connectivity index (χ2v) is 11.1. The molecule has 3 rings (SSSR count). The molecule has 0 saturated heterocycles. The molecular weight excluding hydrogens is 450 g/mol. The summed E-state index contributed by atoms with van der Waals surface area (Å²) in [5.41, 5.74) is 0.235. The van der Waals surface area contributed by atoms with E-state index in [-0.39, 0.29) is 10.6 Å². The van der Waals surface area contributed by atoms with Crippen molar-refractivity contribution in [2.45, 2.75) is 28.8 Å². The number of aromatic nitrogens is 3. The first-order valence-corrected chi connectivity index (χ1v) is 12.9. The zero-order valence-electron chi connectivity index (χ0n) is 16.2. The van der Waals surface area contributed by atoms with E-state index >= 15 is 0 Å². The highest BCUT2D eigenvalue weighted by Gasteiger charge is 2.25. The first-order valence-electron chi connectivity index (χ1n) is 8.81. The molecule has 156 valence electrons. The fraction of sp³-hybridized carbons (Fsp3) is 0.353. The molecule has 29 heavy (non-hydrogen) atoms. The van der Waals surface area contributed by atoms with E-state index in [4.69, 9.17) is 0 Å². The van der Waals surface area contributed by atoms with Crippen molar-refractivity contribution in [2.75, 3.05) is 18.4 Å². The maximum absolute atomic E-state index is 12.7. The van der Waals surface area contributed by atoms with Crippen LogP contribution < -0.4 is 5.32 Å². The Morgan fingerprint density at radius 2 is 2.07 bits per heavy atom. The number of thiophene rings is 1. The summed E-state index contributed by atoms with van der Waals surface area (Å²) in [5.74, 6) is 0.365. The van der Waals surface area contributed by atoms with Gasteiger partial charge in [0, 0.05) is 37.0 Å². The average Bonchev–Trinajstić information content (AvgIpc) is 3.41. The van der Waals surface area contributed by atoms with Crippen molar-refractivity contribution >= 4 is 55.5 Å². The number of nitrogens with zero attached hydrogens (tertiary/aromatic N) is 4. The van der Waals surface area contributed by atoms with Gasteiger partial charge in [0.25, 0.3) is 5.91 Å². The molecule has 0 aliphatic heterocycles. The Bertz CT molecular complexity index is 1070. The minimum absolute atomic E-state index is 0.0957. The van der Waals surface area contributed by atoms with E-state index in [1.807, 2.05) is 11.4 Å². The zero-order chi connectivity index (χ0) is 21.0. The second-order valence-electron chi connectivity index (χ2n) is 5.96.